The Kier molecular flexibility index (Phi) is 67.2. The molecule has 0 amide bonds. The Hall–Kier alpha value is -2.12. The molecule has 0 aliphatic heterocycles. The first kappa shape index (κ1) is 80.9. The van der Waals surface area contributed by atoms with E-state index in [9.17, 15) is 19.2 Å². The number of hydrogen-bond acceptors (Lipinski definition) is 7. The Balaban J connectivity index is 5.26. The van der Waals surface area contributed by atoms with Crippen molar-refractivity contribution < 1.29 is 38.5 Å². The molecule has 8 nitrogen and oxygen atoms in total. The lowest BCUT2D eigenvalue weighted by Crippen LogP contribution is -2.39. The van der Waals surface area contributed by atoms with Crippen LogP contribution in [0.5, 0.6) is 0 Å². The highest BCUT2D eigenvalue weighted by molar-refractivity contribution is 5.71. The first-order chi connectivity index (χ1) is 40.8. The maximum Gasteiger partial charge on any atom is 0.306 e. The van der Waals surface area contributed by atoms with Gasteiger partial charge in [0.25, 0.3) is 0 Å². The van der Waals surface area contributed by atoms with Gasteiger partial charge in [0.1, 0.15) is 12.7 Å². The second-order valence-corrected chi connectivity index (χ2v) is 26.1. The molecule has 0 aliphatic carbocycles. The van der Waals surface area contributed by atoms with Gasteiger partial charge in [0.15, 0.2) is 6.10 Å². The smallest absolute Gasteiger partial charge is 0.306 e. The van der Waals surface area contributed by atoms with Crippen LogP contribution in [0.15, 0.2) is 0 Å². The zero-order valence-electron chi connectivity index (χ0n) is 56.1. The van der Waals surface area contributed by atoms with Crippen molar-refractivity contribution in [1.82, 2.24) is 0 Å². The van der Waals surface area contributed by atoms with Gasteiger partial charge in [0.05, 0.1) is 0 Å². The lowest BCUT2D eigenvalue weighted by molar-refractivity contribution is -0.176. The summed E-state index contributed by atoms with van der Waals surface area (Å²) >= 11 is 0. The van der Waals surface area contributed by atoms with Gasteiger partial charge in [-0.2, -0.15) is 0 Å². The van der Waals surface area contributed by atoms with Gasteiger partial charge >= 0.3 is 23.9 Å². The Bertz CT molecular complexity index is 1330. The van der Waals surface area contributed by atoms with Crippen LogP contribution in [-0.2, 0) is 33.4 Å². The molecule has 0 saturated heterocycles. The lowest BCUT2D eigenvalue weighted by Gasteiger charge is -2.27. The van der Waals surface area contributed by atoms with Crippen LogP contribution in [0.3, 0.4) is 0 Å². The molecule has 0 aromatic rings. The Morgan fingerprint density at radius 1 is 0.241 bits per heavy atom. The summed E-state index contributed by atoms with van der Waals surface area (Å²) in [5.41, 5.74) is 0. The maximum absolute atomic E-state index is 13.6. The van der Waals surface area contributed by atoms with Crippen molar-refractivity contribution in [3.05, 3.63) is 0 Å². The van der Waals surface area contributed by atoms with Crippen LogP contribution in [0.25, 0.3) is 0 Å². The first-order valence-electron chi connectivity index (χ1n) is 37.6. The number of unbranched alkanes of at least 4 members (excludes halogenated alkanes) is 56. The van der Waals surface area contributed by atoms with E-state index in [4.69, 9.17) is 19.3 Å². The van der Waals surface area contributed by atoms with Gasteiger partial charge < -0.3 is 19.3 Å². The van der Waals surface area contributed by atoms with E-state index in [-0.39, 0.29) is 24.5 Å². The molecule has 0 saturated carbocycles. The second-order valence-electron chi connectivity index (χ2n) is 26.1. The molecule has 0 radical (unpaired) electrons. The fourth-order valence-electron chi connectivity index (χ4n) is 12.1. The number of carboxylic acids is 1. The minimum atomic E-state index is -0.800. The number of carboxylic acid groups (broad SMARTS) is 1. The molecular formula is C75H144O8. The monoisotopic (exact) mass is 1170 g/mol. The zero-order chi connectivity index (χ0) is 60.3. The van der Waals surface area contributed by atoms with Crippen LogP contribution in [0.4, 0.5) is 0 Å². The molecule has 0 bridgehead atoms. The maximum atomic E-state index is 13.6. The molecule has 2 atom stereocenters. The average molecular weight is 1170 g/mol. The highest BCUT2D eigenvalue weighted by atomic mass is 16.6. The quantitative estimate of drug-likeness (QED) is 0.0364. The topological polar surface area (TPSA) is 116 Å². The Morgan fingerprint density at radius 2 is 0.434 bits per heavy atom. The van der Waals surface area contributed by atoms with E-state index in [0.29, 0.717) is 32.1 Å². The number of hydrogen-bond donors (Lipinski definition) is 1. The fourth-order valence-corrected chi connectivity index (χ4v) is 12.1. The van der Waals surface area contributed by atoms with Crippen molar-refractivity contribution in [2.45, 2.75) is 450 Å². The van der Waals surface area contributed by atoms with Crippen LogP contribution < -0.4 is 0 Å². The number of esters is 3. The first-order valence-corrected chi connectivity index (χ1v) is 37.6. The zero-order valence-corrected chi connectivity index (χ0v) is 56.1. The molecule has 0 aliphatic rings. The molecule has 8 heteroatoms. The van der Waals surface area contributed by atoms with E-state index >= 15 is 0 Å². The molecule has 1 N–H and O–H groups in total. The highest BCUT2D eigenvalue weighted by Crippen LogP contribution is 2.22. The number of carbonyl (C=O) groups is 4. The van der Waals surface area contributed by atoms with Crippen molar-refractivity contribution in [3.8, 4) is 0 Å². The third-order valence-electron chi connectivity index (χ3n) is 17.7. The van der Waals surface area contributed by atoms with Crippen molar-refractivity contribution in [1.29, 1.82) is 0 Å². The van der Waals surface area contributed by atoms with Crippen LogP contribution in [0, 0.1) is 0 Å². The number of aliphatic carboxylic acids is 1. The van der Waals surface area contributed by atoms with E-state index in [0.717, 1.165) is 96.3 Å². The Labute approximate surface area is 517 Å². The molecular weight excluding hydrogens is 1030 g/mol. The largest absolute Gasteiger partial charge is 0.481 e. The number of ether oxygens (including phenoxy) is 3. The summed E-state index contributed by atoms with van der Waals surface area (Å²) in [6, 6.07) is 0. The Morgan fingerprint density at radius 3 is 0.675 bits per heavy atom. The number of carbonyl (C=O) groups excluding carboxylic acids is 3. The van der Waals surface area contributed by atoms with Crippen LogP contribution in [-0.4, -0.2) is 47.8 Å². The van der Waals surface area contributed by atoms with E-state index in [1.54, 1.807) is 0 Å². The fraction of sp³-hybridized carbons (Fsp3) is 0.947. The highest BCUT2D eigenvalue weighted by Gasteiger charge is 2.30. The van der Waals surface area contributed by atoms with E-state index < -0.39 is 18.2 Å². The third-order valence-corrected chi connectivity index (χ3v) is 17.7. The van der Waals surface area contributed by atoms with Crippen molar-refractivity contribution >= 4 is 23.9 Å². The SMILES string of the molecule is CCCCCCCCCCCCCCCCCC(=O)OCC(OC(=O)CCCCCCCCCCCCCCCCC)C(CCCCCCCCCCCCCCCCCC(=O)O)OC(=O)CCCCCCCCCCCCCCCCC. The summed E-state index contributed by atoms with van der Waals surface area (Å²) < 4.78 is 18.4. The molecule has 0 heterocycles. The van der Waals surface area contributed by atoms with Gasteiger partial charge in [-0.1, -0.05) is 374 Å². The molecule has 0 rings (SSSR count). The van der Waals surface area contributed by atoms with Crippen LogP contribution in [0.2, 0.25) is 0 Å². The molecule has 0 spiro atoms. The molecule has 0 aromatic carbocycles. The normalized spacial score (nSPS) is 12.2. The van der Waals surface area contributed by atoms with Gasteiger partial charge in [-0.3, -0.25) is 19.2 Å². The summed E-state index contributed by atoms with van der Waals surface area (Å²) in [6.07, 6.45) is 75.0. The minimum Gasteiger partial charge on any atom is -0.481 e. The van der Waals surface area contributed by atoms with Gasteiger partial charge in [0, 0.05) is 25.7 Å². The van der Waals surface area contributed by atoms with Gasteiger partial charge in [0.2, 0.25) is 0 Å². The van der Waals surface area contributed by atoms with Crippen molar-refractivity contribution in [2.24, 2.45) is 0 Å². The molecule has 492 valence electrons. The molecule has 0 fully saturated rings. The van der Waals surface area contributed by atoms with E-state index in [1.807, 2.05) is 0 Å². The van der Waals surface area contributed by atoms with Gasteiger partial charge in [-0.25, -0.2) is 0 Å². The third kappa shape index (κ3) is 65.7. The van der Waals surface area contributed by atoms with E-state index in [2.05, 4.69) is 20.8 Å². The van der Waals surface area contributed by atoms with Crippen molar-refractivity contribution in [2.75, 3.05) is 6.61 Å². The predicted molar refractivity (Wildman–Crippen MR) is 355 cm³/mol. The second kappa shape index (κ2) is 69.0. The average Bonchev–Trinajstić information content (AvgIpc) is 3.52. The van der Waals surface area contributed by atoms with E-state index in [1.165, 1.54) is 289 Å². The molecule has 2 unspecified atom stereocenters. The van der Waals surface area contributed by atoms with Crippen LogP contribution in [0.1, 0.15) is 438 Å². The molecule has 0 aromatic heterocycles. The standard InChI is InChI=1S/C75H144O8/c1-4-7-10-13-16-19-22-25-29-36-41-46-51-56-61-66-73(78)81-69-71(83-75(80)68-63-58-53-48-43-38-31-27-24-21-18-15-12-9-6-3)70(64-59-54-49-44-39-34-32-28-33-35-40-45-50-55-60-65-72(76)77)82-74(79)67-62-57-52-47-42-37-30-26-23-20-17-14-11-8-5-2/h70-71H,4-69H2,1-3H3,(H,76,77). The summed E-state index contributed by atoms with van der Waals surface area (Å²) in [5.74, 6) is -1.44. The summed E-state index contributed by atoms with van der Waals surface area (Å²) in [5, 5.41) is 8.83. The van der Waals surface area contributed by atoms with Crippen LogP contribution >= 0.6 is 0 Å². The minimum absolute atomic E-state index is 0.0636. The molecule has 83 heavy (non-hydrogen) atoms. The lowest BCUT2D eigenvalue weighted by atomic mass is 10.0. The summed E-state index contributed by atoms with van der Waals surface area (Å²) in [7, 11) is 0. The van der Waals surface area contributed by atoms with Gasteiger partial charge in [-0.05, 0) is 38.5 Å². The predicted octanol–water partition coefficient (Wildman–Crippen LogP) is 24.9. The van der Waals surface area contributed by atoms with Gasteiger partial charge in [-0.15, -0.1) is 0 Å². The number of rotatable bonds is 71. The van der Waals surface area contributed by atoms with Crippen molar-refractivity contribution in [3.63, 3.8) is 0 Å². The summed E-state index contributed by atoms with van der Waals surface area (Å²) in [6.45, 7) is 6.78. The summed E-state index contributed by atoms with van der Waals surface area (Å²) in [4.78, 5) is 51.2.